The van der Waals surface area contributed by atoms with Crippen LogP contribution in [0.4, 0.5) is 10.5 Å². The number of hydrogen-bond acceptors (Lipinski definition) is 2. The standard InChI is InChI=1S/C15H20N2O3/c1-2-15(7-4-8-15)17-14(20)16-12-6-3-5-11(9-12)10-13(18)19/h3,5-6,9H,2,4,7-8,10H2,1H3,(H,18,19)(H2,16,17,20). The number of urea groups is 1. The first-order chi connectivity index (χ1) is 9.53. The molecule has 0 atom stereocenters. The van der Waals surface area contributed by atoms with Gasteiger partial charge in [-0.2, -0.15) is 0 Å². The summed E-state index contributed by atoms with van der Waals surface area (Å²) >= 11 is 0. The fourth-order valence-electron chi connectivity index (χ4n) is 2.51. The quantitative estimate of drug-likeness (QED) is 0.773. The Hall–Kier alpha value is -2.04. The molecule has 0 bridgehead atoms. The van der Waals surface area contributed by atoms with Gasteiger partial charge in [0, 0.05) is 11.2 Å². The van der Waals surface area contributed by atoms with E-state index < -0.39 is 5.97 Å². The van der Waals surface area contributed by atoms with Crippen LogP contribution in [0, 0.1) is 0 Å². The van der Waals surface area contributed by atoms with Crippen molar-refractivity contribution in [2.75, 3.05) is 5.32 Å². The molecule has 0 saturated heterocycles. The van der Waals surface area contributed by atoms with E-state index in [1.807, 2.05) is 0 Å². The first-order valence-electron chi connectivity index (χ1n) is 6.93. The Morgan fingerprint density at radius 1 is 1.35 bits per heavy atom. The summed E-state index contributed by atoms with van der Waals surface area (Å²) in [4.78, 5) is 22.7. The number of carboxylic acid groups (broad SMARTS) is 1. The number of aliphatic carboxylic acids is 1. The molecule has 1 aromatic carbocycles. The Morgan fingerprint density at radius 2 is 2.10 bits per heavy atom. The van der Waals surface area contributed by atoms with Crippen molar-refractivity contribution in [3.05, 3.63) is 29.8 Å². The highest BCUT2D eigenvalue weighted by atomic mass is 16.4. The Balaban J connectivity index is 1.95. The lowest BCUT2D eigenvalue weighted by Gasteiger charge is -2.41. The minimum Gasteiger partial charge on any atom is -0.481 e. The molecule has 2 amide bonds. The number of nitrogens with one attached hydrogen (secondary N) is 2. The summed E-state index contributed by atoms with van der Waals surface area (Å²) in [5.41, 5.74) is 1.24. The Morgan fingerprint density at radius 3 is 2.65 bits per heavy atom. The normalized spacial score (nSPS) is 16.1. The van der Waals surface area contributed by atoms with Crippen LogP contribution in [0.15, 0.2) is 24.3 Å². The molecule has 5 nitrogen and oxygen atoms in total. The van der Waals surface area contributed by atoms with Gasteiger partial charge in [-0.05, 0) is 43.4 Å². The van der Waals surface area contributed by atoms with Crippen LogP contribution in [0.25, 0.3) is 0 Å². The van der Waals surface area contributed by atoms with Crippen molar-refractivity contribution in [3.63, 3.8) is 0 Å². The van der Waals surface area contributed by atoms with Gasteiger partial charge in [-0.15, -0.1) is 0 Å². The lowest BCUT2D eigenvalue weighted by molar-refractivity contribution is -0.136. The summed E-state index contributed by atoms with van der Waals surface area (Å²) in [5.74, 6) is -0.883. The predicted octanol–water partition coefficient (Wildman–Crippen LogP) is 2.77. The summed E-state index contributed by atoms with van der Waals surface area (Å²) in [6.45, 7) is 2.08. The molecule has 0 aliphatic heterocycles. The van der Waals surface area contributed by atoms with Gasteiger partial charge in [0.2, 0.25) is 0 Å². The average molecular weight is 276 g/mol. The van der Waals surface area contributed by atoms with Gasteiger partial charge in [-0.1, -0.05) is 19.1 Å². The molecule has 1 fully saturated rings. The number of benzene rings is 1. The van der Waals surface area contributed by atoms with Gasteiger partial charge < -0.3 is 15.7 Å². The molecule has 2 rings (SSSR count). The van der Waals surface area contributed by atoms with Crippen molar-refractivity contribution in [2.45, 2.75) is 44.6 Å². The van der Waals surface area contributed by atoms with Gasteiger partial charge in [0.25, 0.3) is 0 Å². The first kappa shape index (κ1) is 14.4. The monoisotopic (exact) mass is 276 g/mol. The van der Waals surface area contributed by atoms with Gasteiger partial charge in [0.1, 0.15) is 0 Å². The summed E-state index contributed by atoms with van der Waals surface area (Å²) in [5, 5.41) is 14.6. The molecule has 5 heteroatoms. The SMILES string of the molecule is CCC1(NC(=O)Nc2cccc(CC(=O)O)c2)CCC1. The van der Waals surface area contributed by atoms with Crippen molar-refractivity contribution in [3.8, 4) is 0 Å². The van der Waals surface area contributed by atoms with Gasteiger partial charge >= 0.3 is 12.0 Å². The zero-order chi connectivity index (χ0) is 14.6. The van der Waals surface area contributed by atoms with E-state index in [1.54, 1.807) is 24.3 Å². The van der Waals surface area contributed by atoms with E-state index in [2.05, 4.69) is 17.6 Å². The highest BCUT2D eigenvalue weighted by Gasteiger charge is 2.36. The van der Waals surface area contributed by atoms with Crippen LogP contribution in [-0.2, 0) is 11.2 Å². The molecule has 1 saturated carbocycles. The third kappa shape index (κ3) is 3.50. The van der Waals surface area contributed by atoms with Crippen molar-refractivity contribution >= 4 is 17.7 Å². The zero-order valence-corrected chi connectivity index (χ0v) is 11.6. The second-order valence-electron chi connectivity index (χ2n) is 5.34. The number of anilines is 1. The Labute approximate surface area is 118 Å². The van der Waals surface area contributed by atoms with Crippen molar-refractivity contribution in [1.29, 1.82) is 0 Å². The van der Waals surface area contributed by atoms with Crippen LogP contribution in [0.1, 0.15) is 38.2 Å². The van der Waals surface area contributed by atoms with Crippen molar-refractivity contribution in [2.24, 2.45) is 0 Å². The van der Waals surface area contributed by atoms with E-state index in [0.29, 0.717) is 11.3 Å². The van der Waals surface area contributed by atoms with Crippen LogP contribution < -0.4 is 10.6 Å². The summed E-state index contributed by atoms with van der Waals surface area (Å²) < 4.78 is 0. The maximum Gasteiger partial charge on any atom is 0.319 e. The summed E-state index contributed by atoms with van der Waals surface area (Å²) in [6.07, 6.45) is 4.09. The Bertz CT molecular complexity index is 504. The summed E-state index contributed by atoms with van der Waals surface area (Å²) in [6, 6.07) is 6.69. The number of amides is 2. The van der Waals surface area contributed by atoms with Crippen LogP contribution in [-0.4, -0.2) is 22.6 Å². The number of carboxylic acids is 1. The second-order valence-corrected chi connectivity index (χ2v) is 5.34. The van der Waals surface area contributed by atoms with E-state index >= 15 is 0 Å². The Kier molecular flexibility index (Phi) is 4.27. The molecule has 20 heavy (non-hydrogen) atoms. The minimum absolute atomic E-state index is 0.0456. The van der Waals surface area contributed by atoms with E-state index in [4.69, 9.17) is 5.11 Å². The fraction of sp³-hybridized carbons (Fsp3) is 0.467. The largest absolute Gasteiger partial charge is 0.481 e. The van der Waals surface area contributed by atoms with Gasteiger partial charge in [0.15, 0.2) is 0 Å². The second kappa shape index (κ2) is 5.94. The first-order valence-corrected chi connectivity index (χ1v) is 6.93. The number of carbonyl (C=O) groups is 2. The van der Waals surface area contributed by atoms with Crippen LogP contribution in [0.2, 0.25) is 0 Å². The molecular formula is C15H20N2O3. The number of hydrogen-bond donors (Lipinski definition) is 3. The predicted molar refractivity (Wildman–Crippen MR) is 76.8 cm³/mol. The van der Waals surface area contributed by atoms with Crippen LogP contribution in [0.3, 0.4) is 0 Å². The molecule has 0 radical (unpaired) electrons. The van der Waals surface area contributed by atoms with E-state index in [9.17, 15) is 9.59 Å². The van der Waals surface area contributed by atoms with E-state index in [-0.39, 0.29) is 18.0 Å². The van der Waals surface area contributed by atoms with Gasteiger partial charge in [-0.25, -0.2) is 4.79 Å². The van der Waals surface area contributed by atoms with E-state index in [1.165, 1.54) is 0 Å². The number of rotatable bonds is 5. The topological polar surface area (TPSA) is 78.4 Å². The van der Waals surface area contributed by atoms with Crippen molar-refractivity contribution in [1.82, 2.24) is 5.32 Å². The third-order valence-corrected chi connectivity index (χ3v) is 3.91. The molecule has 1 aromatic rings. The maximum absolute atomic E-state index is 12.0. The zero-order valence-electron chi connectivity index (χ0n) is 11.6. The fourth-order valence-corrected chi connectivity index (χ4v) is 2.51. The van der Waals surface area contributed by atoms with E-state index in [0.717, 1.165) is 25.7 Å². The molecule has 3 N–H and O–H groups in total. The maximum atomic E-state index is 12.0. The van der Waals surface area contributed by atoms with Gasteiger partial charge in [-0.3, -0.25) is 4.79 Å². The lowest BCUT2D eigenvalue weighted by atomic mass is 9.75. The molecule has 0 aromatic heterocycles. The average Bonchev–Trinajstić information content (AvgIpc) is 2.33. The molecular weight excluding hydrogens is 256 g/mol. The lowest BCUT2D eigenvalue weighted by Crippen LogP contribution is -2.54. The summed E-state index contributed by atoms with van der Waals surface area (Å²) in [7, 11) is 0. The van der Waals surface area contributed by atoms with Crippen molar-refractivity contribution < 1.29 is 14.7 Å². The third-order valence-electron chi connectivity index (χ3n) is 3.91. The number of carbonyl (C=O) groups excluding carboxylic acids is 1. The molecule has 108 valence electrons. The van der Waals surface area contributed by atoms with Crippen LogP contribution in [0.5, 0.6) is 0 Å². The molecule has 0 unspecified atom stereocenters. The molecule has 0 heterocycles. The highest BCUT2D eigenvalue weighted by Crippen LogP contribution is 2.34. The smallest absolute Gasteiger partial charge is 0.319 e. The van der Waals surface area contributed by atoms with Crippen LogP contribution >= 0.6 is 0 Å². The molecule has 0 spiro atoms. The minimum atomic E-state index is -0.883. The highest BCUT2D eigenvalue weighted by molar-refractivity contribution is 5.90. The van der Waals surface area contributed by atoms with Gasteiger partial charge in [0.05, 0.1) is 6.42 Å². The molecule has 1 aliphatic carbocycles. The molecule has 1 aliphatic rings.